The lowest BCUT2D eigenvalue weighted by Gasteiger charge is -2.31. The molecule has 0 bridgehead atoms. The first-order valence-electron chi connectivity index (χ1n) is 5.55. The van der Waals surface area contributed by atoms with Gasteiger partial charge in [0.2, 0.25) is 0 Å². The number of piperidine rings is 1. The molecule has 2 rings (SSSR count). The molecule has 16 heavy (non-hydrogen) atoms. The van der Waals surface area contributed by atoms with Gasteiger partial charge in [0, 0.05) is 13.1 Å². The molecule has 2 N–H and O–H groups in total. The number of primary amides is 1. The van der Waals surface area contributed by atoms with Crippen LogP contribution in [0, 0.1) is 5.92 Å². The second kappa shape index (κ2) is 4.47. The fourth-order valence-electron chi connectivity index (χ4n) is 2.02. The molecule has 1 atom stereocenters. The van der Waals surface area contributed by atoms with Gasteiger partial charge in [-0.3, -0.25) is 4.79 Å². The monoisotopic (exact) mass is 220 g/mol. The average molecular weight is 220 g/mol. The molecule has 5 nitrogen and oxygen atoms in total. The van der Waals surface area contributed by atoms with E-state index in [0.717, 1.165) is 18.9 Å². The lowest BCUT2D eigenvalue weighted by molar-refractivity contribution is 0.0994. The highest BCUT2D eigenvalue weighted by Gasteiger charge is 2.17. The number of aromatic nitrogens is 2. The lowest BCUT2D eigenvalue weighted by Crippen LogP contribution is -2.35. The van der Waals surface area contributed by atoms with Crippen LogP contribution in [0.25, 0.3) is 0 Å². The summed E-state index contributed by atoms with van der Waals surface area (Å²) < 4.78 is 0. The number of nitrogens with zero attached hydrogens (tertiary/aromatic N) is 3. The van der Waals surface area contributed by atoms with E-state index in [1.165, 1.54) is 12.8 Å². The summed E-state index contributed by atoms with van der Waals surface area (Å²) in [5, 5.41) is 7.85. The Morgan fingerprint density at radius 2 is 2.31 bits per heavy atom. The van der Waals surface area contributed by atoms with Gasteiger partial charge in [-0.2, -0.15) is 0 Å². The maximum atomic E-state index is 10.8. The Labute approximate surface area is 94.6 Å². The van der Waals surface area contributed by atoms with Gasteiger partial charge < -0.3 is 10.6 Å². The second-order valence-electron chi connectivity index (χ2n) is 4.33. The number of carbonyl (C=O) groups is 1. The zero-order valence-electron chi connectivity index (χ0n) is 9.39. The number of hydrogen-bond acceptors (Lipinski definition) is 4. The molecule has 0 aliphatic carbocycles. The van der Waals surface area contributed by atoms with Crippen molar-refractivity contribution in [3.63, 3.8) is 0 Å². The lowest BCUT2D eigenvalue weighted by atomic mass is 10.0. The number of amides is 1. The SMILES string of the molecule is C[C@H]1CCCN(c2ccc(C(N)=O)nn2)C1. The highest BCUT2D eigenvalue weighted by molar-refractivity contribution is 5.90. The van der Waals surface area contributed by atoms with Gasteiger partial charge >= 0.3 is 0 Å². The van der Waals surface area contributed by atoms with Gasteiger partial charge in [0.15, 0.2) is 11.5 Å². The van der Waals surface area contributed by atoms with Gasteiger partial charge in [-0.15, -0.1) is 10.2 Å². The van der Waals surface area contributed by atoms with Gasteiger partial charge in [-0.1, -0.05) is 6.92 Å². The van der Waals surface area contributed by atoms with Crippen LogP contribution in [0.2, 0.25) is 0 Å². The summed E-state index contributed by atoms with van der Waals surface area (Å²) >= 11 is 0. The minimum absolute atomic E-state index is 0.216. The van der Waals surface area contributed by atoms with E-state index in [4.69, 9.17) is 5.73 Å². The minimum atomic E-state index is -0.536. The van der Waals surface area contributed by atoms with Gasteiger partial charge in [-0.05, 0) is 30.9 Å². The smallest absolute Gasteiger partial charge is 0.269 e. The van der Waals surface area contributed by atoms with Crippen LogP contribution in [0.4, 0.5) is 5.82 Å². The Balaban J connectivity index is 2.11. The van der Waals surface area contributed by atoms with E-state index in [1.807, 2.05) is 6.07 Å². The molecule has 1 aromatic heterocycles. The van der Waals surface area contributed by atoms with Crippen LogP contribution in [0.15, 0.2) is 12.1 Å². The molecule has 5 heteroatoms. The van der Waals surface area contributed by atoms with Crippen molar-refractivity contribution in [2.45, 2.75) is 19.8 Å². The molecule has 0 saturated carbocycles. The van der Waals surface area contributed by atoms with E-state index >= 15 is 0 Å². The zero-order valence-corrected chi connectivity index (χ0v) is 9.39. The topological polar surface area (TPSA) is 72.1 Å². The van der Waals surface area contributed by atoms with Crippen LogP contribution in [0.1, 0.15) is 30.3 Å². The first-order valence-corrected chi connectivity index (χ1v) is 5.55. The first kappa shape index (κ1) is 10.9. The summed E-state index contributed by atoms with van der Waals surface area (Å²) in [7, 11) is 0. The van der Waals surface area contributed by atoms with Crippen molar-refractivity contribution in [1.29, 1.82) is 0 Å². The van der Waals surface area contributed by atoms with E-state index in [2.05, 4.69) is 22.0 Å². The van der Waals surface area contributed by atoms with Crippen LogP contribution in [0.5, 0.6) is 0 Å². The molecule has 1 saturated heterocycles. The van der Waals surface area contributed by atoms with E-state index < -0.39 is 5.91 Å². The number of rotatable bonds is 2. The van der Waals surface area contributed by atoms with Crippen molar-refractivity contribution in [2.75, 3.05) is 18.0 Å². The van der Waals surface area contributed by atoms with Crippen molar-refractivity contribution in [1.82, 2.24) is 10.2 Å². The van der Waals surface area contributed by atoms with Gasteiger partial charge in [0.25, 0.3) is 5.91 Å². The fraction of sp³-hybridized carbons (Fsp3) is 0.545. The number of anilines is 1. The van der Waals surface area contributed by atoms with Gasteiger partial charge in [0.1, 0.15) is 0 Å². The molecule has 1 aromatic rings. The fourth-order valence-corrected chi connectivity index (χ4v) is 2.02. The summed E-state index contributed by atoms with van der Waals surface area (Å²) in [6, 6.07) is 3.44. The zero-order chi connectivity index (χ0) is 11.5. The van der Waals surface area contributed by atoms with Crippen molar-refractivity contribution in [3.8, 4) is 0 Å². The first-order chi connectivity index (χ1) is 7.66. The minimum Gasteiger partial charge on any atom is -0.364 e. The predicted molar refractivity (Wildman–Crippen MR) is 61.2 cm³/mol. The van der Waals surface area contributed by atoms with E-state index in [-0.39, 0.29) is 5.69 Å². The van der Waals surface area contributed by atoms with Gasteiger partial charge in [-0.25, -0.2) is 0 Å². The summed E-state index contributed by atoms with van der Waals surface area (Å²) in [5.74, 6) is 0.981. The van der Waals surface area contributed by atoms with Crippen LogP contribution < -0.4 is 10.6 Å². The highest BCUT2D eigenvalue weighted by atomic mass is 16.1. The van der Waals surface area contributed by atoms with Crippen molar-refractivity contribution < 1.29 is 4.79 Å². The third-order valence-electron chi connectivity index (χ3n) is 2.88. The van der Waals surface area contributed by atoms with Crippen molar-refractivity contribution in [2.24, 2.45) is 11.7 Å². The molecule has 0 aromatic carbocycles. The summed E-state index contributed by atoms with van der Waals surface area (Å²) in [6.07, 6.45) is 2.45. The average Bonchev–Trinajstić information content (AvgIpc) is 2.29. The Morgan fingerprint density at radius 1 is 1.50 bits per heavy atom. The molecule has 0 radical (unpaired) electrons. The van der Waals surface area contributed by atoms with Gasteiger partial charge in [0.05, 0.1) is 0 Å². The third kappa shape index (κ3) is 2.29. The molecule has 0 spiro atoms. The quantitative estimate of drug-likeness (QED) is 0.800. The number of hydrogen-bond donors (Lipinski definition) is 1. The summed E-state index contributed by atoms with van der Waals surface area (Å²) in [6.45, 7) is 4.25. The van der Waals surface area contributed by atoms with Crippen LogP contribution in [-0.2, 0) is 0 Å². The summed E-state index contributed by atoms with van der Waals surface area (Å²) in [5.41, 5.74) is 5.33. The Morgan fingerprint density at radius 3 is 2.88 bits per heavy atom. The third-order valence-corrected chi connectivity index (χ3v) is 2.88. The predicted octanol–water partition coefficient (Wildman–Crippen LogP) is 0.812. The second-order valence-corrected chi connectivity index (χ2v) is 4.33. The Bertz CT molecular complexity index is 376. The maximum absolute atomic E-state index is 10.8. The molecular formula is C11H16N4O. The van der Waals surface area contributed by atoms with E-state index in [9.17, 15) is 4.79 Å². The molecule has 1 aliphatic rings. The van der Waals surface area contributed by atoms with Crippen LogP contribution >= 0.6 is 0 Å². The van der Waals surface area contributed by atoms with Crippen LogP contribution in [0.3, 0.4) is 0 Å². The van der Waals surface area contributed by atoms with E-state index in [0.29, 0.717) is 5.92 Å². The van der Waals surface area contributed by atoms with Crippen molar-refractivity contribution in [3.05, 3.63) is 17.8 Å². The number of carbonyl (C=O) groups excluding carboxylic acids is 1. The Hall–Kier alpha value is -1.65. The number of nitrogens with two attached hydrogens (primary N) is 1. The van der Waals surface area contributed by atoms with Crippen LogP contribution in [-0.4, -0.2) is 29.2 Å². The molecule has 1 amide bonds. The van der Waals surface area contributed by atoms with E-state index in [1.54, 1.807) is 6.07 Å². The molecule has 0 unspecified atom stereocenters. The maximum Gasteiger partial charge on any atom is 0.269 e. The molecule has 1 fully saturated rings. The largest absolute Gasteiger partial charge is 0.364 e. The highest BCUT2D eigenvalue weighted by Crippen LogP contribution is 2.20. The molecule has 1 aliphatic heterocycles. The Kier molecular flexibility index (Phi) is 3.03. The summed E-state index contributed by atoms with van der Waals surface area (Å²) in [4.78, 5) is 13.0. The molecular weight excluding hydrogens is 204 g/mol. The molecule has 86 valence electrons. The molecule has 2 heterocycles. The van der Waals surface area contributed by atoms with Crippen molar-refractivity contribution >= 4 is 11.7 Å². The standard InChI is InChI=1S/C11H16N4O/c1-8-3-2-6-15(7-8)10-5-4-9(11(12)16)13-14-10/h4-5,8H,2-3,6-7H2,1H3,(H2,12,16)/t8-/m0/s1. The normalized spacial score (nSPS) is 20.8.